The van der Waals surface area contributed by atoms with Crippen LogP contribution in [0.2, 0.25) is 0 Å². The van der Waals surface area contributed by atoms with Crippen molar-refractivity contribution >= 4 is 28.8 Å². The summed E-state index contributed by atoms with van der Waals surface area (Å²) in [6.07, 6.45) is 8.69. The van der Waals surface area contributed by atoms with Crippen LogP contribution in [-0.4, -0.2) is 25.7 Å². The van der Waals surface area contributed by atoms with Crippen LogP contribution in [0.3, 0.4) is 0 Å². The van der Waals surface area contributed by atoms with Crippen molar-refractivity contribution in [1.82, 2.24) is 19.7 Å². The first-order valence-electron chi connectivity index (χ1n) is 10.5. The standard InChI is InChI=1S/C26H21N5O2/c1-18-28-23-14-22(10-11-24(23)33-18)29-25(32)12-9-21-17-31(16-19-6-3-2-4-7-19)30-26(21)20-8-5-13-27-15-20/h2-15,17H,16H2,1H3,(H,29,32)/b12-9+. The van der Waals surface area contributed by atoms with Gasteiger partial charge < -0.3 is 9.73 Å². The number of anilines is 1. The Bertz CT molecular complexity index is 1440. The summed E-state index contributed by atoms with van der Waals surface area (Å²) in [5, 5.41) is 7.62. The van der Waals surface area contributed by atoms with E-state index in [1.165, 1.54) is 6.08 Å². The van der Waals surface area contributed by atoms with Gasteiger partial charge in [-0.2, -0.15) is 5.10 Å². The first-order chi connectivity index (χ1) is 16.1. The molecule has 1 amide bonds. The Labute approximate surface area is 190 Å². The fourth-order valence-electron chi connectivity index (χ4n) is 3.61. The minimum atomic E-state index is -0.248. The molecule has 0 saturated carbocycles. The van der Waals surface area contributed by atoms with Crippen molar-refractivity contribution in [3.63, 3.8) is 0 Å². The fraction of sp³-hybridized carbons (Fsp3) is 0.0769. The first kappa shape index (κ1) is 20.4. The van der Waals surface area contributed by atoms with Gasteiger partial charge in [-0.3, -0.25) is 14.5 Å². The van der Waals surface area contributed by atoms with Gasteiger partial charge in [0.2, 0.25) is 5.91 Å². The molecule has 3 aromatic heterocycles. The highest BCUT2D eigenvalue weighted by Crippen LogP contribution is 2.23. The number of carbonyl (C=O) groups is 1. The molecule has 2 aromatic carbocycles. The predicted octanol–water partition coefficient (Wildman–Crippen LogP) is 5.09. The van der Waals surface area contributed by atoms with Gasteiger partial charge in [0.25, 0.3) is 0 Å². The Kier molecular flexibility index (Phi) is 5.51. The molecule has 33 heavy (non-hydrogen) atoms. The summed E-state index contributed by atoms with van der Waals surface area (Å²) >= 11 is 0. The third kappa shape index (κ3) is 4.72. The second kappa shape index (κ2) is 8.92. The van der Waals surface area contributed by atoms with Gasteiger partial charge in [-0.05, 0) is 42.0 Å². The molecule has 5 aromatic rings. The monoisotopic (exact) mass is 435 g/mol. The first-order valence-corrected chi connectivity index (χ1v) is 10.5. The van der Waals surface area contributed by atoms with E-state index in [2.05, 4.69) is 27.4 Å². The summed E-state index contributed by atoms with van der Waals surface area (Å²) in [7, 11) is 0. The number of hydrogen-bond acceptors (Lipinski definition) is 5. The number of hydrogen-bond donors (Lipinski definition) is 1. The molecule has 0 saturated heterocycles. The zero-order chi connectivity index (χ0) is 22.6. The molecule has 7 nitrogen and oxygen atoms in total. The third-order valence-corrected chi connectivity index (χ3v) is 5.09. The Hall–Kier alpha value is -4.52. The van der Waals surface area contributed by atoms with E-state index in [1.54, 1.807) is 43.6 Å². The molecule has 0 aliphatic rings. The number of nitrogens with zero attached hydrogens (tertiary/aromatic N) is 4. The molecular weight excluding hydrogens is 414 g/mol. The highest BCUT2D eigenvalue weighted by molar-refractivity contribution is 6.03. The summed E-state index contributed by atoms with van der Waals surface area (Å²) in [5.41, 5.74) is 5.67. The van der Waals surface area contributed by atoms with E-state index >= 15 is 0 Å². The zero-order valence-corrected chi connectivity index (χ0v) is 18.0. The molecule has 0 bridgehead atoms. The Balaban J connectivity index is 1.38. The van der Waals surface area contributed by atoms with Gasteiger partial charge in [0.15, 0.2) is 11.5 Å². The number of fused-ring (bicyclic) bond motifs is 1. The molecule has 162 valence electrons. The number of aromatic nitrogens is 4. The van der Waals surface area contributed by atoms with Gasteiger partial charge in [-0.15, -0.1) is 0 Å². The van der Waals surface area contributed by atoms with Crippen LogP contribution in [0, 0.1) is 6.92 Å². The van der Waals surface area contributed by atoms with Gasteiger partial charge in [-0.25, -0.2) is 4.98 Å². The van der Waals surface area contributed by atoms with Crippen molar-refractivity contribution < 1.29 is 9.21 Å². The van der Waals surface area contributed by atoms with Crippen molar-refractivity contribution in [1.29, 1.82) is 0 Å². The molecule has 0 aliphatic heterocycles. The molecule has 0 fully saturated rings. The molecule has 0 unspecified atom stereocenters. The molecular formula is C26H21N5O2. The summed E-state index contributed by atoms with van der Waals surface area (Å²) in [4.78, 5) is 21.1. The maximum Gasteiger partial charge on any atom is 0.248 e. The molecule has 0 radical (unpaired) electrons. The fourth-order valence-corrected chi connectivity index (χ4v) is 3.61. The highest BCUT2D eigenvalue weighted by atomic mass is 16.3. The quantitative estimate of drug-likeness (QED) is 0.375. The number of aryl methyl sites for hydroxylation is 1. The van der Waals surface area contributed by atoms with Crippen LogP contribution in [0.25, 0.3) is 28.4 Å². The van der Waals surface area contributed by atoms with E-state index in [9.17, 15) is 4.79 Å². The molecule has 0 aliphatic carbocycles. The largest absolute Gasteiger partial charge is 0.441 e. The Morgan fingerprint density at radius 1 is 1.12 bits per heavy atom. The van der Waals surface area contributed by atoms with Gasteiger partial charge in [-0.1, -0.05) is 30.3 Å². The normalized spacial score (nSPS) is 11.3. The van der Waals surface area contributed by atoms with Gasteiger partial charge in [0.05, 0.1) is 6.54 Å². The summed E-state index contributed by atoms with van der Waals surface area (Å²) < 4.78 is 7.35. The lowest BCUT2D eigenvalue weighted by Gasteiger charge is -2.01. The summed E-state index contributed by atoms with van der Waals surface area (Å²) in [5.74, 6) is 0.339. The number of oxazole rings is 1. The second-order valence-electron chi connectivity index (χ2n) is 7.60. The molecule has 0 spiro atoms. The summed E-state index contributed by atoms with van der Waals surface area (Å²) in [6.45, 7) is 2.42. The van der Waals surface area contributed by atoms with Crippen LogP contribution in [-0.2, 0) is 11.3 Å². The second-order valence-corrected chi connectivity index (χ2v) is 7.60. The van der Waals surface area contributed by atoms with Crippen LogP contribution in [0.15, 0.2) is 89.7 Å². The number of rotatable bonds is 6. The van der Waals surface area contributed by atoms with Crippen LogP contribution in [0.4, 0.5) is 5.69 Å². The van der Waals surface area contributed by atoms with E-state index in [-0.39, 0.29) is 5.91 Å². The maximum absolute atomic E-state index is 12.6. The minimum Gasteiger partial charge on any atom is -0.441 e. The van der Waals surface area contributed by atoms with Gasteiger partial charge in [0.1, 0.15) is 11.2 Å². The number of pyridine rings is 1. The van der Waals surface area contributed by atoms with Crippen molar-refractivity contribution in [3.05, 3.63) is 102 Å². The highest BCUT2D eigenvalue weighted by Gasteiger charge is 2.11. The lowest BCUT2D eigenvalue weighted by atomic mass is 10.1. The SMILES string of the molecule is Cc1nc2cc(NC(=O)/C=C/c3cn(Cc4ccccc4)nc3-c3cccnc3)ccc2o1. The van der Waals surface area contributed by atoms with Crippen molar-refractivity contribution in [2.24, 2.45) is 0 Å². The minimum absolute atomic E-state index is 0.248. The van der Waals surface area contributed by atoms with Crippen molar-refractivity contribution in [2.45, 2.75) is 13.5 Å². The van der Waals surface area contributed by atoms with Crippen LogP contribution in [0.1, 0.15) is 17.0 Å². The average molecular weight is 435 g/mol. The van der Waals surface area contributed by atoms with Crippen molar-refractivity contribution in [3.8, 4) is 11.3 Å². The molecule has 0 atom stereocenters. The third-order valence-electron chi connectivity index (χ3n) is 5.09. The molecule has 7 heteroatoms. The number of amides is 1. The van der Waals surface area contributed by atoms with E-state index in [0.717, 1.165) is 22.4 Å². The zero-order valence-electron chi connectivity index (χ0n) is 18.0. The van der Waals surface area contributed by atoms with Crippen molar-refractivity contribution in [2.75, 3.05) is 5.32 Å². The smallest absolute Gasteiger partial charge is 0.248 e. The maximum atomic E-state index is 12.6. The van der Waals surface area contributed by atoms with Gasteiger partial charge in [0, 0.05) is 48.4 Å². The number of nitrogens with one attached hydrogen (secondary N) is 1. The van der Waals surface area contributed by atoms with E-state index in [4.69, 9.17) is 9.52 Å². The van der Waals surface area contributed by atoms with Crippen LogP contribution >= 0.6 is 0 Å². The lowest BCUT2D eigenvalue weighted by Crippen LogP contribution is -2.07. The van der Waals surface area contributed by atoms with E-state index in [0.29, 0.717) is 29.2 Å². The summed E-state index contributed by atoms with van der Waals surface area (Å²) in [6, 6.07) is 19.3. The van der Waals surface area contributed by atoms with Crippen LogP contribution in [0.5, 0.6) is 0 Å². The number of benzene rings is 2. The Morgan fingerprint density at radius 2 is 2.00 bits per heavy atom. The number of carbonyl (C=O) groups excluding carboxylic acids is 1. The lowest BCUT2D eigenvalue weighted by molar-refractivity contribution is -0.111. The molecule has 1 N–H and O–H groups in total. The van der Waals surface area contributed by atoms with Gasteiger partial charge >= 0.3 is 0 Å². The molecule has 5 rings (SSSR count). The average Bonchev–Trinajstić information content (AvgIpc) is 3.40. The molecule has 3 heterocycles. The van der Waals surface area contributed by atoms with E-state index < -0.39 is 0 Å². The van der Waals surface area contributed by atoms with E-state index in [1.807, 2.05) is 41.2 Å². The predicted molar refractivity (Wildman–Crippen MR) is 127 cm³/mol. The Morgan fingerprint density at radius 3 is 2.82 bits per heavy atom. The topological polar surface area (TPSA) is 85.8 Å². The van der Waals surface area contributed by atoms with Crippen LogP contribution < -0.4 is 5.32 Å².